The summed E-state index contributed by atoms with van der Waals surface area (Å²) >= 11 is 0. The van der Waals surface area contributed by atoms with E-state index in [4.69, 9.17) is 10.5 Å². The summed E-state index contributed by atoms with van der Waals surface area (Å²) in [5, 5.41) is 13.7. The van der Waals surface area contributed by atoms with E-state index >= 15 is 0 Å². The van der Waals surface area contributed by atoms with Gasteiger partial charge in [0, 0.05) is 29.7 Å². The van der Waals surface area contributed by atoms with Crippen molar-refractivity contribution in [1.29, 1.82) is 0 Å². The van der Waals surface area contributed by atoms with Crippen LogP contribution < -0.4 is 15.8 Å². The Morgan fingerprint density at radius 1 is 1.03 bits per heavy atom. The largest absolute Gasteiger partial charge is 0.496 e. The molecule has 3 aromatic rings. The zero-order valence-corrected chi connectivity index (χ0v) is 16.8. The van der Waals surface area contributed by atoms with Crippen molar-refractivity contribution in [2.24, 2.45) is 5.73 Å². The second-order valence-corrected chi connectivity index (χ2v) is 6.83. The minimum atomic E-state index is -1.07. The average Bonchev–Trinajstić information content (AvgIpc) is 2.79. The van der Waals surface area contributed by atoms with Gasteiger partial charge < -0.3 is 15.8 Å². The summed E-state index contributed by atoms with van der Waals surface area (Å²) in [4.78, 5) is 35.2. The molecule has 2 amide bonds. The van der Waals surface area contributed by atoms with Crippen LogP contribution in [-0.2, 0) is 11.2 Å². The molecule has 3 rings (SSSR count). The fourth-order valence-electron chi connectivity index (χ4n) is 3.17. The third-order valence-corrected chi connectivity index (χ3v) is 4.80. The van der Waals surface area contributed by atoms with E-state index in [9.17, 15) is 19.7 Å². The van der Waals surface area contributed by atoms with Gasteiger partial charge in [-0.05, 0) is 29.3 Å². The van der Waals surface area contributed by atoms with Crippen molar-refractivity contribution < 1.29 is 19.2 Å². The zero-order valence-electron chi connectivity index (χ0n) is 16.8. The van der Waals surface area contributed by atoms with Gasteiger partial charge in [-0.1, -0.05) is 42.5 Å². The molecule has 31 heavy (non-hydrogen) atoms. The lowest BCUT2D eigenvalue weighted by Crippen LogP contribution is -2.45. The van der Waals surface area contributed by atoms with Gasteiger partial charge in [0.15, 0.2) is 0 Å². The molecule has 0 saturated heterocycles. The first kappa shape index (κ1) is 21.5. The van der Waals surface area contributed by atoms with E-state index in [1.807, 2.05) is 42.5 Å². The van der Waals surface area contributed by atoms with E-state index in [1.54, 1.807) is 12.1 Å². The summed E-state index contributed by atoms with van der Waals surface area (Å²) in [7, 11) is 1.41. The average molecular weight is 419 g/mol. The maximum Gasteiger partial charge on any atom is 0.269 e. The van der Waals surface area contributed by atoms with Crippen LogP contribution in [0.4, 0.5) is 5.69 Å². The Balaban J connectivity index is 1.77. The first-order valence-electron chi connectivity index (χ1n) is 9.46. The number of carbonyl (C=O) groups excluding carboxylic acids is 2. The maximum atomic E-state index is 12.7. The maximum absolute atomic E-state index is 12.7. The Morgan fingerprint density at radius 2 is 1.68 bits per heavy atom. The standard InChI is InChI=1S/C23H21N3O5/c1-31-21-12-11-19(26(29)30)13-18(21)14-20(22(24)27)25-23(28)17-9-7-16(8-10-17)15-5-3-2-4-6-15/h2-13,20H,14H2,1H3,(H2,24,27)(H,25,28)/t20-/m0/s1. The molecule has 0 bridgehead atoms. The summed E-state index contributed by atoms with van der Waals surface area (Å²) in [6, 6.07) is 19.6. The lowest BCUT2D eigenvalue weighted by molar-refractivity contribution is -0.384. The molecule has 0 saturated carbocycles. The summed E-state index contributed by atoms with van der Waals surface area (Å²) in [5.41, 5.74) is 8.03. The fraction of sp³-hybridized carbons (Fsp3) is 0.130. The van der Waals surface area contributed by atoms with Crippen molar-refractivity contribution in [1.82, 2.24) is 5.32 Å². The van der Waals surface area contributed by atoms with Crippen LogP contribution in [0.5, 0.6) is 5.75 Å². The van der Waals surface area contributed by atoms with Crippen LogP contribution in [0.3, 0.4) is 0 Å². The number of hydrogen-bond acceptors (Lipinski definition) is 5. The molecule has 8 heteroatoms. The fourth-order valence-corrected chi connectivity index (χ4v) is 3.17. The first-order chi connectivity index (χ1) is 14.9. The number of nitrogens with two attached hydrogens (primary N) is 1. The number of nitrogens with one attached hydrogen (secondary N) is 1. The smallest absolute Gasteiger partial charge is 0.269 e. The summed E-state index contributed by atoms with van der Waals surface area (Å²) in [6.07, 6.45) is -0.0476. The molecule has 0 aromatic heterocycles. The molecule has 8 nitrogen and oxygen atoms in total. The molecular weight excluding hydrogens is 398 g/mol. The molecule has 0 aliphatic carbocycles. The lowest BCUT2D eigenvalue weighted by Gasteiger charge is -2.17. The SMILES string of the molecule is COc1ccc([N+](=O)[O-])cc1C[C@H](NC(=O)c1ccc(-c2ccccc2)cc1)C(N)=O. The molecule has 0 unspecified atom stereocenters. The van der Waals surface area contributed by atoms with Crippen molar-refractivity contribution in [2.75, 3.05) is 7.11 Å². The number of primary amides is 1. The van der Waals surface area contributed by atoms with Crippen molar-refractivity contribution in [3.05, 3.63) is 94.0 Å². The van der Waals surface area contributed by atoms with Crippen molar-refractivity contribution >= 4 is 17.5 Å². The molecule has 0 aliphatic rings. The van der Waals surface area contributed by atoms with Gasteiger partial charge in [0.2, 0.25) is 5.91 Å². The Hall–Kier alpha value is -4.20. The van der Waals surface area contributed by atoms with Gasteiger partial charge in [-0.3, -0.25) is 19.7 Å². The molecule has 0 aliphatic heterocycles. The number of hydrogen-bond donors (Lipinski definition) is 2. The van der Waals surface area contributed by atoms with Crippen molar-refractivity contribution in [3.8, 4) is 16.9 Å². The number of ether oxygens (including phenoxy) is 1. The van der Waals surface area contributed by atoms with E-state index in [0.717, 1.165) is 11.1 Å². The third-order valence-electron chi connectivity index (χ3n) is 4.80. The second kappa shape index (κ2) is 9.53. The number of nitrogens with zero attached hydrogens (tertiary/aromatic N) is 1. The number of non-ortho nitro benzene ring substituents is 1. The minimum absolute atomic E-state index is 0.0476. The predicted molar refractivity (Wildman–Crippen MR) is 116 cm³/mol. The Bertz CT molecular complexity index is 1100. The quantitative estimate of drug-likeness (QED) is 0.429. The van der Waals surface area contributed by atoms with Crippen LogP contribution in [0, 0.1) is 10.1 Å². The molecule has 0 heterocycles. The monoisotopic (exact) mass is 419 g/mol. The van der Waals surface area contributed by atoms with Crippen LogP contribution in [0.15, 0.2) is 72.8 Å². The Labute approximate surface area is 178 Å². The number of nitro benzene ring substituents is 1. The van der Waals surface area contributed by atoms with E-state index in [-0.39, 0.29) is 12.1 Å². The molecule has 0 spiro atoms. The zero-order chi connectivity index (χ0) is 22.4. The predicted octanol–water partition coefficient (Wildman–Crippen LogP) is 3.10. The highest BCUT2D eigenvalue weighted by atomic mass is 16.6. The van der Waals surface area contributed by atoms with Gasteiger partial charge in [-0.2, -0.15) is 0 Å². The van der Waals surface area contributed by atoms with Gasteiger partial charge in [-0.25, -0.2) is 0 Å². The highest BCUT2D eigenvalue weighted by molar-refractivity contribution is 5.97. The van der Waals surface area contributed by atoms with Crippen molar-refractivity contribution in [3.63, 3.8) is 0 Å². The number of carbonyl (C=O) groups is 2. The van der Waals surface area contributed by atoms with Crippen molar-refractivity contribution in [2.45, 2.75) is 12.5 Å². The van der Waals surface area contributed by atoms with Crippen LogP contribution in [-0.4, -0.2) is 29.9 Å². The third kappa shape index (κ3) is 5.24. The number of amides is 2. The topological polar surface area (TPSA) is 125 Å². The van der Waals surface area contributed by atoms with E-state index in [1.165, 1.54) is 25.3 Å². The normalized spacial score (nSPS) is 11.4. The number of nitro groups is 1. The van der Waals surface area contributed by atoms with Crippen LogP contribution in [0.25, 0.3) is 11.1 Å². The molecule has 1 atom stereocenters. The molecular formula is C23H21N3O5. The molecule has 3 N–H and O–H groups in total. The summed E-state index contributed by atoms with van der Waals surface area (Å²) in [6.45, 7) is 0. The minimum Gasteiger partial charge on any atom is -0.496 e. The molecule has 158 valence electrons. The van der Waals surface area contributed by atoms with Crippen LogP contribution in [0.1, 0.15) is 15.9 Å². The van der Waals surface area contributed by atoms with Gasteiger partial charge in [-0.15, -0.1) is 0 Å². The summed E-state index contributed by atoms with van der Waals surface area (Å²) in [5.74, 6) is -0.881. The molecule has 0 fully saturated rings. The lowest BCUT2D eigenvalue weighted by atomic mass is 10.0. The van der Waals surface area contributed by atoms with E-state index < -0.39 is 22.8 Å². The van der Waals surface area contributed by atoms with Crippen LogP contribution in [0.2, 0.25) is 0 Å². The first-order valence-corrected chi connectivity index (χ1v) is 9.46. The second-order valence-electron chi connectivity index (χ2n) is 6.83. The van der Waals surface area contributed by atoms with Gasteiger partial charge >= 0.3 is 0 Å². The molecule has 0 radical (unpaired) electrons. The Morgan fingerprint density at radius 3 is 2.26 bits per heavy atom. The van der Waals surface area contributed by atoms with Gasteiger partial charge in [0.05, 0.1) is 12.0 Å². The van der Waals surface area contributed by atoms with E-state index in [2.05, 4.69) is 5.32 Å². The number of benzene rings is 3. The van der Waals surface area contributed by atoms with Crippen LogP contribution >= 0.6 is 0 Å². The van der Waals surface area contributed by atoms with E-state index in [0.29, 0.717) is 16.9 Å². The van der Waals surface area contributed by atoms with Gasteiger partial charge in [0.25, 0.3) is 11.6 Å². The number of rotatable bonds is 8. The summed E-state index contributed by atoms with van der Waals surface area (Å²) < 4.78 is 5.22. The van der Waals surface area contributed by atoms with Gasteiger partial charge in [0.1, 0.15) is 11.8 Å². The molecule has 3 aromatic carbocycles. The highest BCUT2D eigenvalue weighted by Gasteiger charge is 2.22. The number of methoxy groups -OCH3 is 1. The Kier molecular flexibility index (Phi) is 6.61. The highest BCUT2D eigenvalue weighted by Crippen LogP contribution is 2.25.